The van der Waals surface area contributed by atoms with Crippen LogP contribution in [0.15, 0.2) is 12.1 Å². The van der Waals surface area contributed by atoms with E-state index < -0.39 is 30.7 Å². The minimum absolute atomic E-state index is 0.116. The van der Waals surface area contributed by atoms with Crippen LogP contribution in [0.4, 0.5) is 8.78 Å². The number of alkyl halides is 2. The molecule has 0 bridgehead atoms. The van der Waals surface area contributed by atoms with E-state index in [2.05, 4.69) is 10.1 Å². The highest BCUT2D eigenvalue weighted by molar-refractivity contribution is 6.35. The van der Waals surface area contributed by atoms with Gasteiger partial charge in [-0.15, -0.1) is 0 Å². The van der Waals surface area contributed by atoms with Gasteiger partial charge < -0.3 is 19.9 Å². The fourth-order valence-corrected chi connectivity index (χ4v) is 2.85. The molecule has 10 heteroatoms. The minimum Gasteiger partial charge on any atom is -0.479 e. The number of rotatable bonds is 6. The maximum absolute atomic E-state index is 12.5. The van der Waals surface area contributed by atoms with Crippen LogP contribution in [0.25, 0.3) is 0 Å². The molecule has 0 aliphatic carbocycles. The highest BCUT2D eigenvalue weighted by Crippen LogP contribution is 2.33. The highest BCUT2D eigenvalue weighted by atomic mass is 35.5. The number of amides is 1. The van der Waals surface area contributed by atoms with Crippen LogP contribution in [0.3, 0.4) is 0 Å². The second kappa shape index (κ2) is 7.96. The highest BCUT2D eigenvalue weighted by Gasteiger charge is 2.34. The molecule has 1 fully saturated rings. The zero-order valence-corrected chi connectivity index (χ0v) is 13.6. The van der Waals surface area contributed by atoms with Crippen LogP contribution in [0.2, 0.25) is 10.0 Å². The molecule has 1 heterocycles. The van der Waals surface area contributed by atoms with Crippen molar-refractivity contribution in [2.45, 2.75) is 38.2 Å². The molecule has 1 aliphatic heterocycles. The monoisotopic (exact) mass is 383 g/mol. The van der Waals surface area contributed by atoms with Crippen LogP contribution < -0.4 is 10.1 Å². The van der Waals surface area contributed by atoms with E-state index in [1.54, 1.807) is 0 Å². The molecule has 6 nitrogen and oxygen atoms in total. The number of ether oxygens (including phenoxy) is 2. The molecule has 24 heavy (non-hydrogen) atoms. The Hall–Kier alpha value is -1.64. The van der Waals surface area contributed by atoms with Gasteiger partial charge in [0.1, 0.15) is 11.9 Å². The number of carboxylic acids is 1. The first-order valence-corrected chi connectivity index (χ1v) is 7.62. The lowest BCUT2D eigenvalue weighted by Crippen LogP contribution is -2.35. The summed E-state index contributed by atoms with van der Waals surface area (Å²) < 4.78 is 34.4. The van der Waals surface area contributed by atoms with Crippen molar-refractivity contribution in [3.8, 4) is 5.75 Å². The van der Waals surface area contributed by atoms with Gasteiger partial charge in [0.25, 0.3) is 0 Å². The summed E-state index contributed by atoms with van der Waals surface area (Å²) in [5.41, 5.74) is 0.161. The Morgan fingerprint density at radius 1 is 1.33 bits per heavy atom. The van der Waals surface area contributed by atoms with Crippen molar-refractivity contribution in [3.63, 3.8) is 0 Å². The Balaban J connectivity index is 2.03. The van der Waals surface area contributed by atoms with Gasteiger partial charge in [0, 0.05) is 17.1 Å². The van der Waals surface area contributed by atoms with Crippen LogP contribution in [0.1, 0.15) is 18.4 Å². The summed E-state index contributed by atoms with van der Waals surface area (Å²) in [6.45, 7) is -3.27. The van der Waals surface area contributed by atoms with Crippen molar-refractivity contribution in [1.82, 2.24) is 5.32 Å². The first-order valence-electron chi connectivity index (χ1n) is 6.86. The van der Waals surface area contributed by atoms with E-state index in [1.807, 2.05) is 0 Å². The fourth-order valence-electron chi connectivity index (χ4n) is 2.27. The van der Waals surface area contributed by atoms with E-state index in [-0.39, 0.29) is 40.7 Å². The maximum Gasteiger partial charge on any atom is 0.387 e. The minimum atomic E-state index is -3.09. The number of carbonyl (C=O) groups is 2. The molecule has 2 N–H and O–H groups in total. The van der Waals surface area contributed by atoms with Crippen molar-refractivity contribution in [2.24, 2.45) is 0 Å². The summed E-state index contributed by atoms with van der Waals surface area (Å²) in [5.74, 6) is -1.98. The third-order valence-electron chi connectivity index (χ3n) is 3.33. The average Bonchev–Trinajstić information content (AvgIpc) is 2.97. The Labute approximate surface area is 145 Å². The summed E-state index contributed by atoms with van der Waals surface area (Å²) in [6, 6.07) is 2.57. The third-order valence-corrected chi connectivity index (χ3v) is 3.83. The molecule has 2 rings (SSSR count). The maximum atomic E-state index is 12.5. The van der Waals surface area contributed by atoms with E-state index in [1.165, 1.54) is 12.1 Å². The topological polar surface area (TPSA) is 84.9 Å². The largest absolute Gasteiger partial charge is 0.479 e. The van der Waals surface area contributed by atoms with Gasteiger partial charge in [0.2, 0.25) is 5.91 Å². The van der Waals surface area contributed by atoms with Crippen molar-refractivity contribution in [2.75, 3.05) is 0 Å². The molecule has 1 aromatic rings. The van der Waals surface area contributed by atoms with E-state index in [9.17, 15) is 18.4 Å². The van der Waals surface area contributed by atoms with E-state index in [0.29, 0.717) is 0 Å². The summed E-state index contributed by atoms with van der Waals surface area (Å²) >= 11 is 11.7. The summed E-state index contributed by atoms with van der Waals surface area (Å²) in [6.07, 6.45) is -1.48. The standard InChI is InChI=1S/C14H13Cl2F2NO5/c15-7-3-6(11(8(16)4-7)24-14(17)18)5-19-12(20)9-1-2-10(23-9)13(21)22/h3-4,9-10,14H,1-2,5H2,(H,19,20)(H,21,22)/t9-,10+/m0/s1. The molecule has 0 spiro atoms. The molecule has 1 amide bonds. The lowest BCUT2D eigenvalue weighted by Gasteiger charge is -2.15. The first-order chi connectivity index (χ1) is 11.3. The van der Waals surface area contributed by atoms with Gasteiger partial charge in [0.15, 0.2) is 6.10 Å². The molecule has 2 atom stereocenters. The Bertz CT molecular complexity index is 644. The van der Waals surface area contributed by atoms with Crippen LogP contribution in [0, 0.1) is 0 Å². The van der Waals surface area contributed by atoms with Gasteiger partial charge in [-0.2, -0.15) is 8.78 Å². The van der Waals surface area contributed by atoms with Crippen LogP contribution in [-0.4, -0.2) is 35.8 Å². The van der Waals surface area contributed by atoms with Crippen LogP contribution >= 0.6 is 23.2 Å². The Kier molecular flexibility index (Phi) is 6.20. The van der Waals surface area contributed by atoms with Gasteiger partial charge in [-0.25, -0.2) is 4.79 Å². The zero-order valence-electron chi connectivity index (χ0n) is 12.1. The number of halogens is 4. The van der Waals surface area contributed by atoms with Crippen molar-refractivity contribution >= 4 is 35.1 Å². The SMILES string of the molecule is O=C(NCc1cc(Cl)cc(Cl)c1OC(F)F)[C@@H]1CC[C@H](C(=O)O)O1. The van der Waals surface area contributed by atoms with Crippen LogP contribution in [0.5, 0.6) is 5.75 Å². The number of carboxylic acid groups (broad SMARTS) is 1. The smallest absolute Gasteiger partial charge is 0.387 e. The summed E-state index contributed by atoms with van der Waals surface area (Å²) in [7, 11) is 0. The quantitative estimate of drug-likeness (QED) is 0.788. The van der Waals surface area contributed by atoms with Gasteiger partial charge in [-0.05, 0) is 25.0 Å². The molecule has 1 saturated heterocycles. The van der Waals surface area contributed by atoms with Crippen molar-refractivity contribution < 1.29 is 33.0 Å². The van der Waals surface area contributed by atoms with Gasteiger partial charge in [0.05, 0.1) is 5.02 Å². The van der Waals surface area contributed by atoms with Gasteiger partial charge >= 0.3 is 12.6 Å². The second-order valence-corrected chi connectivity index (χ2v) is 5.84. The zero-order chi connectivity index (χ0) is 17.9. The van der Waals surface area contributed by atoms with Crippen molar-refractivity contribution in [3.05, 3.63) is 27.7 Å². The van der Waals surface area contributed by atoms with Gasteiger partial charge in [-0.3, -0.25) is 4.79 Å². The molecule has 1 aromatic carbocycles. The number of hydrogen-bond donors (Lipinski definition) is 2. The predicted molar refractivity (Wildman–Crippen MR) is 80.5 cm³/mol. The molecule has 0 saturated carbocycles. The number of hydrogen-bond acceptors (Lipinski definition) is 4. The fraction of sp³-hybridized carbons (Fsp3) is 0.429. The van der Waals surface area contributed by atoms with Crippen molar-refractivity contribution in [1.29, 1.82) is 0 Å². The van der Waals surface area contributed by atoms with E-state index in [0.717, 1.165) is 0 Å². The summed E-state index contributed by atoms with van der Waals surface area (Å²) in [4.78, 5) is 22.8. The molecular weight excluding hydrogens is 371 g/mol. The average molecular weight is 384 g/mol. The number of benzene rings is 1. The normalized spacial score (nSPS) is 20.2. The Morgan fingerprint density at radius 3 is 2.58 bits per heavy atom. The lowest BCUT2D eigenvalue weighted by molar-refractivity contribution is -0.151. The second-order valence-electron chi connectivity index (χ2n) is 5.00. The van der Waals surface area contributed by atoms with Crippen LogP contribution in [-0.2, 0) is 20.9 Å². The number of aliphatic carboxylic acids is 1. The molecule has 0 unspecified atom stereocenters. The van der Waals surface area contributed by atoms with Gasteiger partial charge in [-0.1, -0.05) is 23.2 Å². The number of carbonyl (C=O) groups excluding carboxylic acids is 1. The first kappa shape index (κ1) is 18.7. The predicted octanol–water partition coefficient (Wildman–Crippen LogP) is 2.84. The number of nitrogens with one attached hydrogen (secondary N) is 1. The lowest BCUT2D eigenvalue weighted by atomic mass is 10.1. The molecule has 0 aromatic heterocycles. The molecule has 1 aliphatic rings. The summed E-state index contributed by atoms with van der Waals surface area (Å²) in [5, 5.41) is 11.4. The van der Waals surface area contributed by atoms with E-state index >= 15 is 0 Å². The molecule has 0 radical (unpaired) electrons. The van der Waals surface area contributed by atoms with E-state index in [4.69, 9.17) is 33.0 Å². The molecular formula is C14H13Cl2F2NO5. The molecule has 132 valence electrons. The Morgan fingerprint density at radius 2 is 2.00 bits per heavy atom. The third kappa shape index (κ3) is 4.68.